The standard InChI is InChI=1S/C24H34F2N2O5S/c1-17-5-6-21(34(31,32)28-15-2-4-19(28)22(29)30)20(16-17)33-23(12-13-23)9-3-14-27-18-7-10-24(25,26)11-8-18/h5-6,16,18-19,27H,2-4,7-15H2,1H3,(H,29,30)/t19-/m0/s1. The Bertz CT molecular complexity index is 1000. The van der Waals surface area contributed by atoms with E-state index in [1.807, 2.05) is 6.92 Å². The van der Waals surface area contributed by atoms with Crippen molar-refractivity contribution in [2.45, 2.75) is 99.6 Å². The Morgan fingerprint density at radius 3 is 2.56 bits per heavy atom. The summed E-state index contributed by atoms with van der Waals surface area (Å²) in [6.07, 6.45) is 4.80. The van der Waals surface area contributed by atoms with E-state index in [2.05, 4.69) is 5.32 Å². The van der Waals surface area contributed by atoms with Crippen molar-refractivity contribution in [2.75, 3.05) is 13.1 Å². The molecule has 2 N–H and O–H groups in total. The fraction of sp³-hybridized carbons (Fsp3) is 0.708. The van der Waals surface area contributed by atoms with Gasteiger partial charge in [-0.1, -0.05) is 6.07 Å². The number of nitrogens with zero attached hydrogens (tertiary/aromatic N) is 1. The zero-order chi connectivity index (χ0) is 24.6. The largest absolute Gasteiger partial charge is 0.486 e. The van der Waals surface area contributed by atoms with Crippen LogP contribution in [0, 0.1) is 6.92 Å². The SMILES string of the molecule is Cc1ccc(S(=O)(=O)N2CCC[C@H]2C(=O)O)c(OC2(CCCNC3CCC(F)(F)CC3)CC2)c1. The van der Waals surface area contributed by atoms with Gasteiger partial charge in [0.15, 0.2) is 0 Å². The molecule has 0 radical (unpaired) electrons. The van der Waals surface area contributed by atoms with Gasteiger partial charge in [0.05, 0.1) is 0 Å². The number of benzene rings is 1. The third kappa shape index (κ3) is 5.71. The molecule has 3 fully saturated rings. The van der Waals surface area contributed by atoms with E-state index in [0.29, 0.717) is 32.2 Å². The second kappa shape index (κ2) is 9.70. The molecule has 1 heterocycles. The summed E-state index contributed by atoms with van der Waals surface area (Å²) >= 11 is 0. The summed E-state index contributed by atoms with van der Waals surface area (Å²) in [5.74, 6) is -3.39. The van der Waals surface area contributed by atoms with Gasteiger partial charge in [-0.3, -0.25) is 4.79 Å². The van der Waals surface area contributed by atoms with Crippen molar-refractivity contribution in [3.05, 3.63) is 23.8 Å². The highest BCUT2D eigenvalue weighted by atomic mass is 32.2. The van der Waals surface area contributed by atoms with Crippen LogP contribution >= 0.6 is 0 Å². The molecule has 1 aliphatic heterocycles. The Labute approximate surface area is 199 Å². The molecule has 190 valence electrons. The smallest absolute Gasteiger partial charge is 0.322 e. The van der Waals surface area contributed by atoms with Crippen molar-refractivity contribution in [1.82, 2.24) is 9.62 Å². The summed E-state index contributed by atoms with van der Waals surface area (Å²) in [7, 11) is -4.02. The number of aryl methyl sites for hydroxylation is 1. The molecule has 34 heavy (non-hydrogen) atoms. The van der Waals surface area contributed by atoms with Gasteiger partial charge in [0.25, 0.3) is 0 Å². The zero-order valence-corrected chi connectivity index (χ0v) is 20.4. The number of alkyl halides is 2. The number of nitrogens with one attached hydrogen (secondary N) is 1. The Morgan fingerprint density at radius 1 is 1.21 bits per heavy atom. The lowest BCUT2D eigenvalue weighted by atomic mass is 9.92. The van der Waals surface area contributed by atoms with Gasteiger partial charge in [-0.05, 0) is 82.5 Å². The first-order valence-corrected chi connectivity index (χ1v) is 13.6. The second-order valence-electron chi connectivity index (χ2n) is 10.0. The van der Waals surface area contributed by atoms with Crippen LogP contribution in [0.4, 0.5) is 8.78 Å². The normalized spacial score (nSPS) is 24.7. The Kier molecular flexibility index (Phi) is 7.22. The molecule has 0 unspecified atom stereocenters. The molecule has 2 saturated carbocycles. The highest BCUT2D eigenvalue weighted by Crippen LogP contribution is 2.46. The molecular formula is C24H34F2N2O5S. The molecule has 3 aliphatic rings. The number of aliphatic carboxylic acids is 1. The van der Waals surface area contributed by atoms with E-state index in [1.165, 1.54) is 6.07 Å². The molecule has 1 saturated heterocycles. The van der Waals surface area contributed by atoms with Crippen molar-refractivity contribution in [2.24, 2.45) is 0 Å². The quantitative estimate of drug-likeness (QED) is 0.470. The van der Waals surface area contributed by atoms with E-state index in [4.69, 9.17) is 4.74 Å². The van der Waals surface area contributed by atoms with E-state index in [0.717, 1.165) is 35.6 Å². The third-order valence-electron chi connectivity index (χ3n) is 7.27. The average Bonchev–Trinajstić information content (AvgIpc) is 3.31. The van der Waals surface area contributed by atoms with Gasteiger partial charge < -0.3 is 15.2 Å². The van der Waals surface area contributed by atoms with E-state index >= 15 is 0 Å². The fourth-order valence-corrected chi connectivity index (χ4v) is 6.79. The summed E-state index contributed by atoms with van der Waals surface area (Å²) in [6.45, 7) is 2.74. The van der Waals surface area contributed by atoms with Gasteiger partial charge in [0, 0.05) is 25.4 Å². The number of rotatable bonds is 10. The van der Waals surface area contributed by atoms with Crippen molar-refractivity contribution in [1.29, 1.82) is 0 Å². The molecule has 4 rings (SSSR count). The summed E-state index contributed by atoms with van der Waals surface area (Å²) in [4.78, 5) is 11.6. The lowest BCUT2D eigenvalue weighted by molar-refractivity contribution is -0.140. The molecule has 7 nitrogen and oxygen atoms in total. The molecule has 0 amide bonds. The molecule has 1 aromatic carbocycles. The minimum atomic E-state index is -4.02. The van der Waals surface area contributed by atoms with E-state index in [1.54, 1.807) is 12.1 Å². The summed E-state index contributed by atoms with van der Waals surface area (Å²) in [5.41, 5.74) is 0.424. The van der Waals surface area contributed by atoms with Crippen LogP contribution in [0.3, 0.4) is 0 Å². The molecule has 0 bridgehead atoms. The molecule has 0 aromatic heterocycles. The Morgan fingerprint density at radius 2 is 1.91 bits per heavy atom. The average molecular weight is 501 g/mol. The van der Waals surface area contributed by atoms with Crippen LogP contribution in [-0.4, -0.2) is 60.5 Å². The van der Waals surface area contributed by atoms with Gasteiger partial charge in [-0.2, -0.15) is 4.31 Å². The third-order valence-corrected chi connectivity index (χ3v) is 9.22. The van der Waals surface area contributed by atoms with Gasteiger partial charge in [-0.25, -0.2) is 17.2 Å². The number of ether oxygens (including phenoxy) is 1. The minimum Gasteiger partial charge on any atom is -0.486 e. The van der Waals surface area contributed by atoms with Crippen LogP contribution in [0.5, 0.6) is 5.75 Å². The topological polar surface area (TPSA) is 95.9 Å². The van der Waals surface area contributed by atoms with Crippen molar-refractivity contribution in [3.8, 4) is 5.75 Å². The predicted molar refractivity (Wildman–Crippen MR) is 123 cm³/mol. The summed E-state index contributed by atoms with van der Waals surface area (Å²) < 4.78 is 60.8. The van der Waals surface area contributed by atoms with Crippen molar-refractivity contribution in [3.63, 3.8) is 0 Å². The minimum absolute atomic E-state index is 0.0128. The zero-order valence-electron chi connectivity index (χ0n) is 19.6. The van der Waals surface area contributed by atoms with E-state index in [-0.39, 0.29) is 36.1 Å². The molecular weight excluding hydrogens is 466 g/mol. The number of sulfonamides is 1. The maximum absolute atomic E-state index is 13.4. The van der Waals surface area contributed by atoms with Crippen LogP contribution in [0.2, 0.25) is 0 Å². The molecule has 1 aromatic rings. The predicted octanol–water partition coefficient (Wildman–Crippen LogP) is 4.09. The first kappa shape index (κ1) is 25.3. The number of hydrogen-bond donors (Lipinski definition) is 2. The fourth-order valence-electron chi connectivity index (χ4n) is 5.05. The Hall–Kier alpha value is -1.78. The van der Waals surface area contributed by atoms with Crippen LogP contribution in [-0.2, 0) is 14.8 Å². The molecule has 0 spiro atoms. The second-order valence-corrected chi connectivity index (χ2v) is 11.9. The highest BCUT2D eigenvalue weighted by molar-refractivity contribution is 7.89. The van der Waals surface area contributed by atoms with Gasteiger partial charge in [0.2, 0.25) is 15.9 Å². The van der Waals surface area contributed by atoms with E-state index in [9.17, 15) is 27.1 Å². The van der Waals surface area contributed by atoms with Crippen LogP contribution < -0.4 is 10.1 Å². The van der Waals surface area contributed by atoms with Gasteiger partial charge >= 0.3 is 5.97 Å². The number of carboxylic acids is 1. The monoisotopic (exact) mass is 500 g/mol. The van der Waals surface area contributed by atoms with Crippen molar-refractivity contribution < 1.29 is 31.8 Å². The van der Waals surface area contributed by atoms with Gasteiger partial charge in [-0.15, -0.1) is 0 Å². The lowest BCUT2D eigenvalue weighted by Crippen LogP contribution is -2.40. The van der Waals surface area contributed by atoms with Crippen LogP contribution in [0.1, 0.15) is 69.8 Å². The summed E-state index contributed by atoms with van der Waals surface area (Å²) in [5, 5.41) is 12.8. The first-order chi connectivity index (χ1) is 16.0. The first-order valence-electron chi connectivity index (χ1n) is 12.2. The van der Waals surface area contributed by atoms with E-state index < -0.39 is 33.6 Å². The Balaban J connectivity index is 1.39. The van der Waals surface area contributed by atoms with Crippen LogP contribution in [0.15, 0.2) is 23.1 Å². The number of carbonyl (C=O) groups is 1. The maximum Gasteiger partial charge on any atom is 0.322 e. The van der Waals surface area contributed by atoms with Crippen molar-refractivity contribution >= 4 is 16.0 Å². The van der Waals surface area contributed by atoms with Gasteiger partial charge in [0.1, 0.15) is 22.3 Å². The maximum atomic E-state index is 13.4. The van der Waals surface area contributed by atoms with Crippen LogP contribution in [0.25, 0.3) is 0 Å². The summed E-state index contributed by atoms with van der Waals surface area (Å²) in [6, 6.07) is 3.97. The number of carboxylic acid groups (broad SMARTS) is 1. The highest BCUT2D eigenvalue weighted by Gasteiger charge is 2.47. The molecule has 10 heteroatoms. The molecule has 1 atom stereocenters. The number of halogens is 2. The molecule has 2 aliphatic carbocycles. The number of hydrogen-bond acceptors (Lipinski definition) is 5. The lowest BCUT2D eigenvalue weighted by Gasteiger charge is -2.29.